The van der Waals surface area contributed by atoms with E-state index >= 15 is 0 Å². The fourth-order valence-corrected chi connectivity index (χ4v) is 3.64. The van der Waals surface area contributed by atoms with Crippen LogP contribution in [0.5, 0.6) is 0 Å². The van der Waals surface area contributed by atoms with Crippen LogP contribution < -0.4 is 10.6 Å². The topological polar surface area (TPSA) is 52.6 Å². The molecule has 0 unspecified atom stereocenters. The highest BCUT2D eigenvalue weighted by Gasteiger charge is 2.29. The highest BCUT2D eigenvalue weighted by Crippen LogP contribution is 2.24. The van der Waals surface area contributed by atoms with E-state index < -0.39 is 0 Å². The molecule has 0 saturated carbocycles. The van der Waals surface area contributed by atoms with Crippen LogP contribution in [0.2, 0.25) is 5.15 Å². The Morgan fingerprint density at radius 2 is 1.96 bits per heavy atom. The molecule has 2 aromatic rings. The molecule has 0 saturated heterocycles. The predicted octanol–water partition coefficient (Wildman–Crippen LogP) is 3.28. The minimum atomic E-state index is 0.0330. The van der Waals surface area contributed by atoms with Crippen molar-refractivity contribution in [3.8, 4) is 0 Å². The molecule has 2 N–H and O–H groups in total. The molecule has 0 spiro atoms. The van der Waals surface area contributed by atoms with Crippen molar-refractivity contribution in [1.29, 1.82) is 0 Å². The molecule has 3 rings (SSSR count). The molecule has 1 aromatic carbocycles. The van der Waals surface area contributed by atoms with Gasteiger partial charge in [-0.2, -0.15) is 0 Å². The number of hydrogen-bond acceptors (Lipinski definition) is 3. The maximum Gasteiger partial charge on any atom is 0.191 e. The number of nitrogens with one attached hydrogen (secondary N) is 2. The van der Waals surface area contributed by atoms with Gasteiger partial charge in [-0.3, -0.25) is 9.89 Å². The number of hydrogen-bond donors (Lipinski definition) is 2. The van der Waals surface area contributed by atoms with Crippen molar-refractivity contribution < 1.29 is 0 Å². The third-order valence-electron chi connectivity index (χ3n) is 5.39. The predicted molar refractivity (Wildman–Crippen MR) is 117 cm³/mol. The summed E-state index contributed by atoms with van der Waals surface area (Å²) in [7, 11) is 1.81. The van der Waals surface area contributed by atoms with E-state index in [4.69, 9.17) is 11.6 Å². The first-order valence-electron chi connectivity index (χ1n) is 9.85. The summed E-state index contributed by atoms with van der Waals surface area (Å²) in [5.74, 6) is 0.826. The molecular formula is C22H30ClN5. The van der Waals surface area contributed by atoms with Crippen molar-refractivity contribution in [2.45, 2.75) is 38.8 Å². The van der Waals surface area contributed by atoms with Crippen LogP contribution in [0.4, 0.5) is 0 Å². The van der Waals surface area contributed by atoms with Crippen molar-refractivity contribution >= 4 is 17.6 Å². The van der Waals surface area contributed by atoms with Crippen molar-refractivity contribution in [3.63, 3.8) is 0 Å². The van der Waals surface area contributed by atoms with Gasteiger partial charge in [0.05, 0.1) is 0 Å². The SMILES string of the molecule is CN=C(NCCc1ccc(Cl)nc1)NCC(C)(C)N1CCc2ccccc2C1. The quantitative estimate of drug-likeness (QED) is 0.444. The summed E-state index contributed by atoms with van der Waals surface area (Å²) < 4.78 is 0. The highest BCUT2D eigenvalue weighted by atomic mass is 35.5. The van der Waals surface area contributed by atoms with Gasteiger partial charge >= 0.3 is 0 Å². The maximum absolute atomic E-state index is 5.83. The molecule has 150 valence electrons. The van der Waals surface area contributed by atoms with E-state index in [1.165, 1.54) is 11.1 Å². The molecule has 2 heterocycles. The molecule has 0 aliphatic carbocycles. The summed E-state index contributed by atoms with van der Waals surface area (Å²) in [6, 6.07) is 12.6. The van der Waals surface area contributed by atoms with Gasteiger partial charge in [0.2, 0.25) is 0 Å². The van der Waals surface area contributed by atoms with Gasteiger partial charge < -0.3 is 10.6 Å². The molecule has 0 fully saturated rings. The molecule has 1 aliphatic rings. The van der Waals surface area contributed by atoms with Crippen LogP contribution in [0.3, 0.4) is 0 Å². The Bertz CT molecular complexity index is 801. The first kappa shape index (κ1) is 20.6. The van der Waals surface area contributed by atoms with Crippen molar-refractivity contribution in [2.24, 2.45) is 4.99 Å². The summed E-state index contributed by atoms with van der Waals surface area (Å²) in [5.41, 5.74) is 4.11. The fraction of sp³-hybridized carbons (Fsp3) is 0.455. The Labute approximate surface area is 173 Å². The van der Waals surface area contributed by atoms with E-state index in [9.17, 15) is 0 Å². The molecule has 0 atom stereocenters. The second kappa shape index (κ2) is 9.39. The summed E-state index contributed by atoms with van der Waals surface area (Å²) in [5, 5.41) is 7.39. The van der Waals surface area contributed by atoms with Gasteiger partial charge in [0.25, 0.3) is 0 Å². The van der Waals surface area contributed by atoms with Crippen LogP contribution in [0.1, 0.15) is 30.5 Å². The second-order valence-electron chi connectivity index (χ2n) is 7.84. The lowest BCUT2D eigenvalue weighted by Crippen LogP contribution is -2.54. The number of nitrogens with zero attached hydrogens (tertiary/aromatic N) is 3. The number of guanidine groups is 1. The summed E-state index contributed by atoms with van der Waals surface area (Å²) in [4.78, 5) is 11.0. The van der Waals surface area contributed by atoms with E-state index in [1.807, 2.05) is 25.4 Å². The zero-order valence-electron chi connectivity index (χ0n) is 17.0. The van der Waals surface area contributed by atoms with Gasteiger partial charge in [-0.15, -0.1) is 0 Å². The summed E-state index contributed by atoms with van der Waals surface area (Å²) in [6.07, 6.45) is 3.80. The number of benzene rings is 1. The lowest BCUT2D eigenvalue weighted by molar-refractivity contribution is 0.107. The Kier molecular flexibility index (Phi) is 6.92. The van der Waals surface area contributed by atoms with Gasteiger partial charge in [0.15, 0.2) is 5.96 Å². The first-order chi connectivity index (χ1) is 13.5. The average Bonchev–Trinajstić information content (AvgIpc) is 2.71. The van der Waals surface area contributed by atoms with Crippen LogP contribution in [0.25, 0.3) is 0 Å². The summed E-state index contributed by atoms with van der Waals surface area (Å²) >= 11 is 5.83. The molecule has 0 radical (unpaired) electrons. The number of fused-ring (bicyclic) bond motifs is 1. The molecule has 28 heavy (non-hydrogen) atoms. The normalized spacial score (nSPS) is 15.2. The molecule has 0 amide bonds. The van der Waals surface area contributed by atoms with E-state index in [2.05, 4.69) is 63.6 Å². The van der Waals surface area contributed by atoms with Crippen LogP contribution in [-0.2, 0) is 19.4 Å². The minimum absolute atomic E-state index is 0.0330. The van der Waals surface area contributed by atoms with E-state index in [1.54, 1.807) is 0 Å². The molecule has 1 aliphatic heterocycles. The van der Waals surface area contributed by atoms with Gasteiger partial charge in [0.1, 0.15) is 5.15 Å². The third-order valence-corrected chi connectivity index (χ3v) is 5.62. The Morgan fingerprint density at radius 3 is 2.68 bits per heavy atom. The summed E-state index contributed by atoms with van der Waals surface area (Å²) in [6.45, 7) is 8.29. The zero-order valence-corrected chi connectivity index (χ0v) is 17.8. The van der Waals surface area contributed by atoms with Crippen LogP contribution in [-0.4, -0.2) is 48.1 Å². The van der Waals surface area contributed by atoms with Crippen molar-refractivity contribution in [2.75, 3.05) is 26.7 Å². The Balaban J connectivity index is 1.48. The molecule has 6 heteroatoms. The number of rotatable bonds is 6. The van der Waals surface area contributed by atoms with E-state index in [-0.39, 0.29) is 5.54 Å². The van der Waals surface area contributed by atoms with Crippen LogP contribution in [0, 0.1) is 0 Å². The first-order valence-corrected chi connectivity index (χ1v) is 10.2. The second-order valence-corrected chi connectivity index (χ2v) is 8.23. The minimum Gasteiger partial charge on any atom is -0.356 e. The van der Waals surface area contributed by atoms with Crippen molar-refractivity contribution in [1.82, 2.24) is 20.5 Å². The number of aliphatic imine (C=N–C) groups is 1. The van der Waals surface area contributed by atoms with Crippen LogP contribution in [0.15, 0.2) is 47.6 Å². The van der Waals surface area contributed by atoms with Gasteiger partial charge in [-0.05, 0) is 49.4 Å². The number of halogens is 1. The highest BCUT2D eigenvalue weighted by molar-refractivity contribution is 6.29. The molecular weight excluding hydrogens is 370 g/mol. The Morgan fingerprint density at radius 1 is 1.18 bits per heavy atom. The largest absolute Gasteiger partial charge is 0.356 e. The van der Waals surface area contributed by atoms with Gasteiger partial charge in [-0.25, -0.2) is 4.98 Å². The maximum atomic E-state index is 5.83. The third kappa shape index (κ3) is 5.46. The lowest BCUT2D eigenvalue weighted by Gasteiger charge is -2.42. The van der Waals surface area contributed by atoms with E-state index in [0.29, 0.717) is 5.15 Å². The van der Waals surface area contributed by atoms with Crippen LogP contribution >= 0.6 is 11.6 Å². The number of pyridine rings is 1. The molecule has 0 bridgehead atoms. The number of aromatic nitrogens is 1. The standard InChI is InChI=1S/C22H30ClN5/c1-22(2,28-13-11-18-6-4-5-7-19(18)15-28)16-27-21(24-3)25-12-10-17-8-9-20(23)26-14-17/h4-9,14H,10-13,15-16H2,1-3H3,(H2,24,25,27). The zero-order chi connectivity index (χ0) is 20.0. The molecule has 1 aromatic heterocycles. The smallest absolute Gasteiger partial charge is 0.191 e. The Hall–Kier alpha value is -2.11. The molecule has 5 nitrogen and oxygen atoms in total. The van der Waals surface area contributed by atoms with Gasteiger partial charge in [-0.1, -0.05) is 41.9 Å². The van der Waals surface area contributed by atoms with Crippen molar-refractivity contribution in [3.05, 3.63) is 64.4 Å². The average molecular weight is 400 g/mol. The monoisotopic (exact) mass is 399 g/mol. The fourth-order valence-electron chi connectivity index (χ4n) is 3.52. The lowest BCUT2D eigenvalue weighted by atomic mass is 9.94. The van der Waals surface area contributed by atoms with E-state index in [0.717, 1.165) is 50.5 Å². The van der Waals surface area contributed by atoms with Gasteiger partial charge in [0, 0.05) is 45.0 Å².